The monoisotopic (exact) mass is 499 g/mol. The Balaban J connectivity index is 1.45. The third kappa shape index (κ3) is 2.56. The van der Waals surface area contributed by atoms with Gasteiger partial charge in [0.05, 0.1) is 5.52 Å². The Hall–Kier alpha value is -4.82. The quantitative estimate of drug-likeness (QED) is 0.205. The van der Waals surface area contributed by atoms with Crippen molar-refractivity contribution in [1.82, 2.24) is 4.57 Å². The Bertz CT molecular complexity index is 2280. The first-order valence-corrected chi connectivity index (χ1v) is 13.6. The number of para-hydroxylation sites is 1. The molecule has 2 heteroatoms. The Kier molecular flexibility index (Phi) is 3.89. The number of hydrogen-bond donors (Lipinski definition) is 0. The molecule has 9 rings (SSSR count). The van der Waals surface area contributed by atoms with Gasteiger partial charge in [-0.25, -0.2) is 0 Å². The van der Waals surface area contributed by atoms with Gasteiger partial charge in [-0.1, -0.05) is 91.0 Å². The minimum Gasteiger partial charge on any atom is -0.457 e. The van der Waals surface area contributed by atoms with Crippen molar-refractivity contribution in [3.8, 4) is 16.8 Å². The minimum atomic E-state index is -0.185. The van der Waals surface area contributed by atoms with E-state index in [2.05, 4.69) is 134 Å². The van der Waals surface area contributed by atoms with Crippen LogP contribution in [0.15, 0.2) is 120 Å². The second kappa shape index (κ2) is 7.18. The first-order valence-electron chi connectivity index (χ1n) is 13.6. The maximum absolute atomic E-state index is 6.82. The predicted molar refractivity (Wildman–Crippen MR) is 163 cm³/mol. The molecule has 1 aliphatic rings. The summed E-state index contributed by atoms with van der Waals surface area (Å²) in [5.74, 6) is 1.06. The molecule has 0 N–H and O–H groups in total. The summed E-state index contributed by atoms with van der Waals surface area (Å²) in [7, 11) is 0. The molecule has 0 fully saturated rings. The molecule has 184 valence electrons. The molecular formula is C37H25NO. The molecule has 2 heterocycles. The molecule has 2 aromatic heterocycles. The van der Waals surface area contributed by atoms with Gasteiger partial charge < -0.3 is 8.98 Å². The van der Waals surface area contributed by atoms with Crippen molar-refractivity contribution in [2.75, 3.05) is 0 Å². The molecule has 6 aromatic carbocycles. The lowest BCUT2D eigenvalue weighted by molar-refractivity contribution is 0.466. The fraction of sp³-hybridized carbons (Fsp3) is 0.0811. The first kappa shape index (κ1) is 21.2. The molecule has 2 nitrogen and oxygen atoms in total. The van der Waals surface area contributed by atoms with Crippen molar-refractivity contribution in [1.29, 1.82) is 0 Å². The van der Waals surface area contributed by atoms with Crippen LogP contribution in [0.1, 0.15) is 25.2 Å². The number of hydrogen-bond acceptors (Lipinski definition) is 1. The summed E-state index contributed by atoms with van der Waals surface area (Å²) in [4.78, 5) is 0. The molecule has 0 amide bonds. The molecule has 0 radical (unpaired) electrons. The summed E-state index contributed by atoms with van der Waals surface area (Å²) in [6.07, 6.45) is 0. The van der Waals surface area contributed by atoms with Crippen LogP contribution in [0.25, 0.3) is 71.1 Å². The predicted octanol–water partition coefficient (Wildman–Crippen LogP) is 10.1. The van der Waals surface area contributed by atoms with Gasteiger partial charge in [-0.3, -0.25) is 0 Å². The van der Waals surface area contributed by atoms with E-state index in [1.807, 2.05) is 0 Å². The van der Waals surface area contributed by atoms with Gasteiger partial charge in [-0.05, 0) is 81.6 Å². The highest BCUT2D eigenvalue weighted by Crippen LogP contribution is 2.54. The van der Waals surface area contributed by atoms with Gasteiger partial charge in [0.2, 0.25) is 0 Å². The average Bonchev–Trinajstić information content (AvgIpc) is 3.59. The van der Waals surface area contributed by atoms with Gasteiger partial charge in [0.1, 0.15) is 11.3 Å². The zero-order valence-corrected chi connectivity index (χ0v) is 21.8. The van der Waals surface area contributed by atoms with Crippen LogP contribution in [0.3, 0.4) is 0 Å². The van der Waals surface area contributed by atoms with Gasteiger partial charge in [-0.2, -0.15) is 0 Å². The van der Waals surface area contributed by atoms with Crippen molar-refractivity contribution in [3.63, 3.8) is 0 Å². The second-order valence-electron chi connectivity index (χ2n) is 11.3. The molecule has 1 aliphatic carbocycles. The van der Waals surface area contributed by atoms with E-state index < -0.39 is 0 Å². The van der Waals surface area contributed by atoms with Gasteiger partial charge in [0, 0.05) is 22.1 Å². The van der Waals surface area contributed by atoms with Crippen LogP contribution in [0.5, 0.6) is 0 Å². The summed E-state index contributed by atoms with van der Waals surface area (Å²) in [5.41, 5.74) is 8.10. The maximum Gasteiger partial charge on any atom is 0.161 e. The SMILES string of the molecule is CC1(C)c2ccccc2-c2c1oc1c3ccccc3n(-c3ccc4c5ccccc5c5ccccc5c4c3)c21. The van der Waals surface area contributed by atoms with Crippen molar-refractivity contribution >= 4 is 54.3 Å². The molecular weight excluding hydrogens is 474 g/mol. The van der Waals surface area contributed by atoms with E-state index in [4.69, 9.17) is 4.42 Å². The van der Waals surface area contributed by atoms with Crippen LogP contribution < -0.4 is 0 Å². The third-order valence-corrected chi connectivity index (χ3v) is 8.92. The minimum absolute atomic E-state index is 0.185. The molecule has 0 unspecified atom stereocenters. The normalized spacial score (nSPS) is 14.1. The van der Waals surface area contributed by atoms with Gasteiger partial charge in [0.15, 0.2) is 5.58 Å². The van der Waals surface area contributed by atoms with E-state index in [9.17, 15) is 0 Å². The molecule has 0 saturated carbocycles. The lowest BCUT2D eigenvalue weighted by Gasteiger charge is -2.18. The van der Waals surface area contributed by atoms with E-state index in [0.717, 1.165) is 27.9 Å². The molecule has 0 aliphatic heterocycles. The van der Waals surface area contributed by atoms with E-state index in [1.165, 1.54) is 54.5 Å². The van der Waals surface area contributed by atoms with Crippen molar-refractivity contribution in [2.45, 2.75) is 19.3 Å². The van der Waals surface area contributed by atoms with E-state index >= 15 is 0 Å². The summed E-state index contributed by atoms with van der Waals surface area (Å²) in [5, 5.41) is 8.87. The first-order chi connectivity index (χ1) is 19.1. The fourth-order valence-electron chi connectivity index (χ4n) is 7.16. The molecule has 0 spiro atoms. The van der Waals surface area contributed by atoms with E-state index in [-0.39, 0.29) is 5.41 Å². The zero-order chi connectivity index (χ0) is 25.9. The summed E-state index contributed by atoms with van der Waals surface area (Å²) in [6, 6.07) is 41.9. The van der Waals surface area contributed by atoms with Gasteiger partial charge in [-0.15, -0.1) is 0 Å². The number of benzene rings is 6. The second-order valence-corrected chi connectivity index (χ2v) is 11.3. The highest BCUT2D eigenvalue weighted by atomic mass is 16.3. The van der Waals surface area contributed by atoms with E-state index in [1.54, 1.807) is 0 Å². The van der Waals surface area contributed by atoms with Crippen LogP contribution in [0.4, 0.5) is 0 Å². The molecule has 39 heavy (non-hydrogen) atoms. The highest BCUT2D eigenvalue weighted by Gasteiger charge is 2.42. The van der Waals surface area contributed by atoms with Crippen molar-refractivity contribution in [2.24, 2.45) is 0 Å². The topological polar surface area (TPSA) is 18.1 Å². The molecule has 0 atom stereocenters. The van der Waals surface area contributed by atoms with Crippen LogP contribution in [0, 0.1) is 0 Å². The van der Waals surface area contributed by atoms with Gasteiger partial charge in [0.25, 0.3) is 0 Å². The Morgan fingerprint density at radius 3 is 1.85 bits per heavy atom. The average molecular weight is 500 g/mol. The largest absolute Gasteiger partial charge is 0.457 e. The highest BCUT2D eigenvalue weighted by molar-refractivity contribution is 6.25. The lowest BCUT2D eigenvalue weighted by atomic mass is 9.86. The van der Waals surface area contributed by atoms with Crippen LogP contribution in [-0.2, 0) is 5.41 Å². The Morgan fingerprint density at radius 2 is 1.13 bits per heavy atom. The van der Waals surface area contributed by atoms with Crippen molar-refractivity contribution < 1.29 is 4.42 Å². The standard InChI is InChI=1S/C37H25NO/c1-37(2)31-17-9-7-15-28(31)33-34-35(39-36(33)37)29-16-8-10-18-32(29)38(34)22-19-20-27-25-13-4-3-11-23(25)24-12-5-6-14-26(24)30(27)21-22/h3-21H,1-2H3. The fourth-order valence-corrected chi connectivity index (χ4v) is 7.16. The van der Waals surface area contributed by atoms with Crippen LogP contribution in [-0.4, -0.2) is 4.57 Å². The number of aromatic nitrogens is 1. The Labute approximate surface area is 225 Å². The van der Waals surface area contributed by atoms with E-state index in [0.29, 0.717) is 0 Å². The zero-order valence-electron chi connectivity index (χ0n) is 21.8. The summed E-state index contributed by atoms with van der Waals surface area (Å²) in [6.45, 7) is 4.56. The maximum atomic E-state index is 6.82. The number of rotatable bonds is 1. The lowest BCUT2D eigenvalue weighted by Crippen LogP contribution is -2.14. The molecule has 0 bridgehead atoms. The van der Waals surface area contributed by atoms with Crippen LogP contribution >= 0.6 is 0 Å². The number of fused-ring (bicyclic) bond motifs is 13. The summed E-state index contributed by atoms with van der Waals surface area (Å²) < 4.78 is 9.24. The van der Waals surface area contributed by atoms with Crippen molar-refractivity contribution in [3.05, 3.63) is 127 Å². The Morgan fingerprint density at radius 1 is 0.564 bits per heavy atom. The number of nitrogens with zero attached hydrogens (tertiary/aromatic N) is 1. The van der Waals surface area contributed by atoms with Gasteiger partial charge >= 0.3 is 0 Å². The molecule has 0 saturated heterocycles. The summed E-state index contributed by atoms with van der Waals surface area (Å²) >= 11 is 0. The third-order valence-electron chi connectivity index (χ3n) is 8.92. The number of furan rings is 1. The van der Waals surface area contributed by atoms with Crippen LogP contribution in [0.2, 0.25) is 0 Å². The smallest absolute Gasteiger partial charge is 0.161 e. The molecule has 8 aromatic rings.